The molecule has 0 amide bonds. The van der Waals surface area contributed by atoms with Gasteiger partial charge in [-0.05, 0) is 13.8 Å². The first-order valence-corrected chi connectivity index (χ1v) is 21.1. The number of aliphatic hydroxyl groups excluding tert-OH is 8. The Morgan fingerprint density at radius 1 is 0.403 bits per heavy atom. The molecule has 0 fully saturated rings. The van der Waals surface area contributed by atoms with Gasteiger partial charge in [0.1, 0.15) is 77.3 Å². The average Bonchev–Trinajstić information content (AvgIpc) is 3.39. The van der Waals surface area contributed by atoms with Crippen molar-refractivity contribution in [2.45, 2.75) is 68.0 Å². The number of hydrogen-bond acceptors (Lipinski definition) is 26. The molecule has 0 aliphatic carbocycles. The van der Waals surface area contributed by atoms with Crippen molar-refractivity contribution >= 4 is 47.8 Å². The molecule has 8 N–H and O–H groups in total. The van der Waals surface area contributed by atoms with E-state index >= 15 is 0 Å². The van der Waals surface area contributed by atoms with Crippen molar-refractivity contribution in [3.8, 4) is 0 Å². The van der Waals surface area contributed by atoms with E-state index in [9.17, 15) is 58.8 Å². The Balaban J connectivity index is -0.000000113. The molecule has 448 valence electrons. The zero-order valence-electron chi connectivity index (χ0n) is 41.2. The van der Waals surface area contributed by atoms with Gasteiger partial charge < -0.3 is 88.2 Å². The molecule has 0 saturated heterocycles. The summed E-state index contributed by atoms with van der Waals surface area (Å²) in [7, 11) is 0. The summed E-state index contributed by atoms with van der Waals surface area (Å²) in [5.74, 6) is -4.99. The summed E-state index contributed by atoms with van der Waals surface area (Å²) in [5.41, 5.74) is -0.658. The molecule has 3 atom stereocenters. The van der Waals surface area contributed by atoms with E-state index in [0.717, 1.165) is 36.5 Å². The maximum absolute atomic E-state index is 11.1. The monoisotopic (exact) mass is 1120 g/mol. The van der Waals surface area contributed by atoms with Crippen LogP contribution in [0.3, 0.4) is 0 Å². The third-order valence-electron chi connectivity index (χ3n) is 6.95. The van der Waals surface area contributed by atoms with Crippen LogP contribution in [0.25, 0.3) is 0 Å². The zero-order valence-corrected chi connectivity index (χ0v) is 41.2. The largest absolute Gasteiger partial charge is 0.462 e. The van der Waals surface area contributed by atoms with Gasteiger partial charge in [-0.15, -0.1) is 0 Å². The van der Waals surface area contributed by atoms with Gasteiger partial charge in [-0.3, -0.25) is 0 Å². The second-order valence-corrected chi connectivity index (χ2v) is 13.7. The van der Waals surface area contributed by atoms with Gasteiger partial charge >= 0.3 is 47.8 Å². The highest BCUT2D eigenvalue weighted by molar-refractivity contribution is 5.87. The SMILES string of the molecule is C.C.C.C.C=C(C)C(=O)OCC(O)CO.C=C(C)C(=O)OCCO.C=CC(=O)OCC(CO)(COC(=O)C=C)COC(=O)C=C.C=CC(=O)OCC(O)COCC(O)COCC(O)COC(=O)C=C.C=CC(=O)OCCO. The maximum atomic E-state index is 11.1. The molecule has 0 radical (unpaired) electrons. The molecule has 3 unspecified atom stereocenters. The quantitative estimate of drug-likeness (QED) is 0.0247. The van der Waals surface area contributed by atoms with E-state index in [4.69, 9.17) is 44.1 Å². The molecule has 0 aliphatic heterocycles. The lowest BCUT2D eigenvalue weighted by molar-refractivity contribution is -0.159. The topological polar surface area (TPSA) is 391 Å². The van der Waals surface area contributed by atoms with Crippen LogP contribution in [0.5, 0.6) is 0 Å². The van der Waals surface area contributed by atoms with Crippen molar-refractivity contribution in [1.82, 2.24) is 0 Å². The van der Waals surface area contributed by atoms with Gasteiger partial charge in [0.05, 0.1) is 58.3 Å². The third-order valence-corrected chi connectivity index (χ3v) is 6.95. The first-order valence-electron chi connectivity index (χ1n) is 21.1. The van der Waals surface area contributed by atoms with Gasteiger partial charge in [-0.1, -0.05) is 82.3 Å². The molecule has 0 aliphatic rings. The van der Waals surface area contributed by atoms with Gasteiger partial charge in [0.25, 0.3) is 0 Å². The minimum absolute atomic E-state index is 0. The molecule has 0 spiro atoms. The fourth-order valence-corrected chi connectivity index (χ4v) is 3.22. The zero-order chi connectivity index (χ0) is 57.2. The normalized spacial score (nSPS) is 10.8. The van der Waals surface area contributed by atoms with Crippen LogP contribution in [0.2, 0.25) is 0 Å². The molecule has 0 aromatic carbocycles. The average molecular weight is 1120 g/mol. The third kappa shape index (κ3) is 61.7. The van der Waals surface area contributed by atoms with Crippen LogP contribution in [0.1, 0.15) is 43.6 Å². The minimum atomic E-state index is -1.28. The van der Waals surface area contributed by atoms with E-state index < -0.39 is 90.8 Å². The number of esters is 8. The molecule has 0 rings (SSSR count). The molecule has 0 aromatic rings. The summed E-state index contributed by atoms with van der Waals surface area (Å²) in [5, 5.41) is 71.3. The fraction of sp³-hybridized carbons (Fsp3) is 0.529. The van der Waals surface area contributed by atoms with Crippen molar-refractivity contribution in [3.05, 3.63) is 100 Å². The number of ether oxygens (including phenoxy) is 10. The highest BCUT2D eigenvalue weighted by Crippen LogP contribution is 2.19. The van der Waals surface area contributed by atoms with Gasteiger partial charge in [0.2, 0.25) is 0 Å². The van der Waals surface area contributed by atoms with E-state index in [-0.39, 0.29) is 128 Å². The number of aliphatic hydroxyl groups is 8. The number of hydrogen-bond donors (Lipinski definition) is 8. The van der Waals surface area contributed by atoms with Gasteiger partial charge in [0.15, 0.2) is 0 Å². The fourth-order valence-electron chi connectivity index (χ4n) is 3.22. The molecule has 0 bridgehead atoms. The van der Waals surface area contributed by atoms with E-state index in [0.29, 0.717) is 5.57 Å². The highest BCUT2D eigenvalue weighted by Gasteiger charge is 2.35. The Bertz CT molecular complexity index is 1610. The first kappa shape index (κ1) is 89.8. The lowest BCUT2D eigenvalue weighted by Gasteiger charge is -2.29. The second kappa shape index (κ2) is 60.1. The van der Waals surface area contributed by atoms with Crippen LogP contribution < -0.4 is 0 Å². The number of rotatable bonds is 34. The maximum Gasteiger partial charge on any atom is 0.333 e. The van der Waals surface area contributed by atoms with Crippen molar-refractivity contribution in [3.63, 3.8) is 0 Å². The summed E-state index contributed by atoms with van der Waals surface area (Å²) in [6, 6.07) is 0. The van der Waals surface area contributed by atoms with E-state index in [1.807, 2.05) is 0 Å². The van der Waals surface area contributed by atoms with Gasteiger partial charge in [-0.2, -0.15) is 0 Å². The van der Waals surface area contributed by atoms with Crippen LogP contribution in [0, 0.1) is 5.41 Å². The summed E-state index contributed by atoms with van der Waals surface area (Å²) >= 11 is 0. The predicted octanol–water partition coefficient (Wildman–Crippen LogP) is 0.523. The van der Waals surface area contributed by atoms with Gasteiger partial charge in [0, 0.05) is 47.6 Å². The van der Waals surface area contributed by atoms with Gasteiger partial charge in [-0.25, -0.2) is 38.4 Å². The number of carbonyl (C=O) groups is 8. The van der Waals surface area contributed by atoms with E-state index in [1.165, 1.54) is 6.92 Å². The second-order valence-electron chi connectivity index (χ2n) is 13.7. The van der Waals surface area contributed by atoms with Crippen molar-refractivity contribution in [2.24, 2.45) is 5.41 Å². The van der Waals surface area contributed by atoms with Crippen LogP contribution in [0.15, 0.2) is 100 Å². The Morgan fingerprint density at radius 2 is 0.662 bits per heavy atom. The molecule has 77 heavy (non-hydrogen) atoms. The summed E-state index contributed by atoms with van der Waals surface area (Å²) in [4.78, 5) is 86.1. The van der Waals surface area contributed by atoms with E-state index in [2.05, 4.69) is 76.3 Å². The Morgan fingerprint density at radius 3 is 0.935 bits per heavy atom. The molecular weight excluding hydrogens is 1030 g/mol. The highest BCUT2D eigenvalue weighted by atomic mass is 16.6. The standard InChI is InChI=1S/C15H24O9.C14H18O7.C7H12O4.C6H10O3.C5H8O3.4CH4/c1-3-14(19)23-9-12(17)7-21-5-11(16)6-22-8-13(18)10-24-15(20)4-2;1-4-11(16)19-8-14(7-15,9-20-12(17)5-2)10-21-13(18)6-3;1-5(2)7(10)11-4-6(9)3-8;1-5(2)6(8)9-4-3-7;1-2-5(7)8-4-3-6;;;;/h3-4,11-13,16-18H,1-2,5-10H2;4-6,15H,1-3,7-10H2;6,8-9H,1,3-4H2,2H3;7H,1,3-4H2,2H3;2,6H,1,3-4H2;4*1H4. The Hall–Kier alpha value is -6.72. The lowest BCUT2D eigenvalue weighted by Crippen LogP contribution is -2.42. The van der Waals surface area contributed by atoms with Crippen molar-refractivity contribution < 1.29 is 127 Å². The van der Waals surface area contributed by atoms with Crippen LogP contribution in [-0.2, 0) is 85.7 Å². The Labute approximate surface area is 452 Å². The molecule has 0 heterocycles. The smallest absolute Gasteiger partial charge is 0.333 e. The molecule has 0 saturated carbocycles. The molecule has 26 heteroatoms. The van der Waals surface area contributed by atoms with Crippen molar-refractivity contribution in [2.75, 3.05) is 106 Å². The van der Waals surface area contributed by atoms with E-state index in [1.54, 1.807) is 6.92 Å². The predicted molar refractivity (Wildman–Crippen MR) is 282 cm³/mol. The summed E-state index contributed by atoms with van der Waals surface area (Å²) in [6.07, 6.45) is 1.79. The van der Waals surface area contributed by atoms with Crippen LogP contribution in [0.4, 0.5) is 0 Å². The minimum Gasteiger partial charge on any atom is -0.462 e. The van der Waals surface area contributed by atoms with Crippen LogP contribution in [-0.4, -0.2) is 219 Å². The first-order chi connectivity index (χ1) is 34.4. The lowest BCUT2D eigenvalue weighted by atomic mass is 9.92. The van der Waals surface area contributed by atoms with Crippen LogP contribution >= 0.6 is 0 Å². The summed E-state index contributed by atoms with van der Waals surface area (Å²) < 4.78 is 47.1. The van der Waals surface area contributed by atoms with Crippen molar-refractivity contribution in [1.29, 1.82) is 0 Å². The molecule has 0 aromatic heterocycles. The molecule has 26 nitrogen and oxygen atoms in total. The number of carbonyl (C=O) groups excluding carboxylic acids is 8. The molecular formula is C51H88O26. The Kier molecular flexibility index (Phi) is 70.2. The summed E-state index contributed by atoms with van der Waals surface area (Å²) in [6.45, 7) is 25.7.